The summed E-state index contributed by atoms with van der Waals surface area (Å²) in [6, 6.07) is 12.2. The molecule has 1 saturated heterocycles. The fourth-order valence-corrected chi connectivity index (χ4v) is 3.24. The number of rotatable bonds is 5. The van der Waals surface area contributed by atoms with Crippen molar-refractivity contribution in [3.8, 4) is 6.07 Å². The molecule has 6 nitrogen and oxygen atoms in total. The van der Waals surface area contributed by atoms with E-state index in [9.17, 15) is 9.59 Å². The van der Waals surface area contributed by atoms with Gasteiger partial charge in [-0.1, -0.05) is 18.2 Å². The van der Waals surface area contributed by atoms with E-state index in [1.54, 1.807) is 30.6 Å². The first-order valence-electron chi connectivity index (χ1n) is 8.46. The minimum absolute atomic E-state index is 0.164. The van der Waals surface area contributed by atoms with Gasteiger partial charge in [-0.05, 0) is 43.3 Å². The zero-order valence-electron chi connectivity index (χ0n) is 14.8. The SMILES string of the molecule is C[C@@H](c1cccnc1)N1C(=O)C[C@H](N(C)Cc2ccc(C#N)cc2)C1=O. The lowest BCUT2D eigenvalue weighted by Crippen LogP contribution is -2.40. The second-order valence-electron chi connectivity index (χ2n) is 6.51. The summed E-state index contributed by atoms with van der Waals surface area (Å²) in [7, 11) is 1.84. The Hall–Kier alpha value is -3.04. The molecule has 1 aromatic carbocycles. The molecular formula is C20H20N4O2. The van der Waals surface area contributed by atoms with Crippen LogP contribution in [0.4, 0.5) is 0 Å². The monoisotopic (exact) mass is 348 g/mol. The van der Waals surface area contributed by atoms with Crippen LogP contribution in [0.3, 0.4) is 0 Å². The molecule has 0 aliphatic carbocycles. The van der Waals surface area contributed by atoms with Gasteiger partial charge in [-0.3, -0.25) is 24.4 Å². The number of hydrogen-bond donors (Lipinski definition) is 0. The van der Waals surface area contributed by atoms with Crippen LogP contribution in [0.15, 0.2) is 48.8 Å². The molecule has 0 saturated carbocycles. The van der Waals surface area contributed by atoms with E-state index in [1.807, 2.05) is 37.1 Å². The summed E-state index contributed by atoms with van der Waals surface area (Å²) >= 11 is 0. The average Bonchev–Trinajstić information content (AvgIpc) is 2.97. The van der Waals surface area contributed by atoms with Gasteiger partial charge in [0.15, 0.2) is 0 Å². The number of pyridine rings is 1. The van der Waals surface area contributed by atoms with Crippen molar-refractivity contribution >= 4 is 11.8 Å². The third-order valence-electron chi connectivity index (χ3n) is 4.76. The van der Waals surface area contributed by atoms with Crippen LogP contribution in [-0.2, 0) is 16.1 Å². The molecule has 2 aromatic rings. The molecule has 26 heavy (non-hydrogen) atoms. The maximum absolute atomic E-state index is 12.9. The number of carbonyl (C=O) groups is 2. The largest absolute Gasteiger partial charge is 0.290 e. The number of hydrogen-bond acceptors (Lipinski definition) is 5. The zero-order valence-corrected chi connectivity index (χ0v) is 14.8. The number of amides is 2. The van der Waals surface area contributed by atoms with Gasteiger partial charge in [0.2, 0.25) is 11.8 Å². The van der Waals surface area contributed by atoms with Gasteiger partial charge in [0.05, 0.1) is 30.1 Å². The van der Waals surface area contributed by atoms with Gasteiger partial charge in [0.25, 0.3) is 0 Å². The molecule has 3 rings (SSSR count). The van der Waals surface area contributed by atoms with Gasteiger partial charge in [0, 0.05) is 18.9 Å². The van der Waals surface area contributed by atoms with Crippen molar-refractivity contribution in [2.75, 3.05) is 7.05 Å². The molecule has 1 aromatic heterocycles. The fraction of sp³-hybridized carbons (Fsp3) is 0.300. The Kier molecular flexibility index (Phi) is 5.10. The van der Waals surface area contributed by atoms with E-state index in [2.05, 4.69) is 11.1 Å². The van der Waals surface area contributed by atoms with Gasteiger partial charge in [-0.15, -0.1) is 0 Å². The van der Waals surface area contributed by atoms with Gasteiger partial charge in [-0.25, -0.2) is 0 Å². The van der Waals surface area contributed by atoms with Crippen LogP contribution in [0.25, 0.3) is 0 Å². The molecule has 2 heterocycles. The quantitative estimate of drug-likeness (QED) is 0.775. The maximum Gasteiger partial charge on any atom is 0.247 e. The lowest BCUT2D eigenvalue weighted by molar-refractivity contribution is -0.142. The van der Waals surface area contributed by atoms with E-state index in [0.717, 1.165) is 11.1 Å². The molecular weight excluding hydrogens is 328 g/mol. The van der Waals surface area contributed by atoms with Crippen LogP contribution in [0.5, 0.6) is 0 Å². The number of nitriles is 1. The highest BCUT2D eigenvalue weighted by Crippen LogP contribution is 2.28. The highest BCUT2D eigenvalue weighted by molar-refractivity contribution is 6.05. The molecule has 1 fully saturated rings. The molecule has 132 valence electrons. The van der Waals surface area contributed by atoms with Crippen molar-refractivity contribution in [1.82, 2.24) is 14.8 Å². The number of imide groups is 1. The topological polar surface area (TPSA) is 77.3 Å². The van der Waals surface area contributed by atoms with Crippen molar-refractivity contribution in [3.63, 3.8) is 0 Å². The average molecular weight is 348 g/mol. The molecule has 2 atom stereocenters. The molecule has 0 bridgehead atoms. The summed E-state index contributed by atoms with van der Waals surface area (Å²) in [5, 5.41) is 8.87. The Morgan fingerprint density at radius 1 is 1.31 bits per heavy atom. The van der Waals surface area contributed by atoms with Gasteiger partial charge < -0.3 is 0 Å². The van der Waals surface area contributed by atoms with Crippen LogP contribution in [-0.4, -0.2) is 39.7 Å². The Morgan fingerprint density at radius 2 is 2.04 bits per heavy atom. The number of nitrogens with zero attached hydrogens (tertiary/aromatic N) is 4. The normalized spacial score (nSPS) is 18.2. The van der Waals surface area contributed by atoms with E-state index in [0.29, 0.717) is 12.1 Å². The third kappa shape index (κ3) is 3.48. The molecule has 2 amide bonds. The molecule has 6 heteroatoms. The molecule has 1 aliphatic heterocycles. The van der Waals surface area contributed by atoms with Gasteiger partial charge in [0.1, 0.15) is 0 Å². The van der Waals surface area contributed by atoms with E-state index < -0.39 is 6.04 Å². The van der Waals surface area contributed by atoms with Gasteiger partial charge >= 0.3 is 0 Å². The van der Waals surface area contributed by atoms with Crippen LogP contribution >= 0.6 is 0 Å². The molecule has 1 aliphatic rings. The minimum atomic E-state index is -0.475. The highest BCUT2D eigenvalue weighted by Gasteiger charge is 2.43. The first kappa shape index (κ1) is 17.8. The Balaban J connectivity index is 1.72. The van der Waals surface area contributed by atoms with E-state index in [-0.39, 0.29) is 24.3 Å². The number of aromatic nitrogens is 1. The Bertz CT molecular complexity index is 842. The Labute approximate surface area is 152 Å². The summed E-state index contributed by atoms with van der Waals surface area (Å²) in [5.74, 6) is -0.342. The fourth-order valence-electron chi connectivity index (χ4n) is 3.24. The second-order valence-corrected chi connectivity index (χ2v) is 6.51. The van der Waals surface area contributed by atoms with Crippen molar-refractivity contribution in [2.45, 2.75) is 32.0 Å². The number of likely N-dealkylation sites (N-methyl/N-ethyl adjacent to an activating group) is 1. The predicted octanol–water partition coefficient (Wildman–Crippen LogP) is 2.27. The summed E-state index contributed by atoms with van der Waals surface area (Å²) in [4.78, 5) is 32.6. The molecule has 0 unspecified atom stereocenters. The predicted molar refractivity (Wildman–Crippen MR) is 95.5 cm³/mol. The zero-order chi connectivity index (χ0) is 18.7. The first-order chi connectivity index (χ1) is 12.5. The summed E-state index contributed by atoms with van der Waals surface area (Å²) < 4.78 is 0. The van der Waals surface area contributed by atoms with Crippen LogP contribution in [0.2, 0.25) is 0 Å². The summed E-state index contributed by atoms with van der Waals surface area (Å²) in [6.45, 7) is 2.38. The number of carbonyl (C=O) groups excluding carboxylic acids is 2. The molecule has 0 N–H and O–H groups in total. The van der Waals surface area contributed by atoms with Crippen molar-refractivity contribution < 1.29 is 9.59 Å². The van der Waals surface area contributed by atoms with Gasteiger partial charge in [-0.2, -0.15) is 5.26 Å². The van der Waals surface area contributed by atoms with E-state index >= 15 is 0 Å². The summed E-state index contributed by atoms with van der Waals surface area (Å²) in [5.41, 5.74) is 2.43. The second kappa shape index (κ2) is 7.46. The van der Waals surface area contributed by atoms with Crippen molar-refractivity contribution in [2.24, 2.45) is 0 Å². The summed E-state index contributed by atoms with van der Waals surface area (Å²) in [6.07, 6.45) is 3.52. The maximum atomic E-state index is 12.9. The lowest BCUT2D eigenvalue weighted by Gasteiger charge is -2.26. The standard InChI is InChI=1S/C20H20N4O2/c1-14(17-4-3-9-22-12-17)24-19(25)10-18(20(24)26)23(2)13-16-7-5-15(11-21)6-8-16/h3-9,12,14,18H,10,13H2,1-2H3/t14-,18-/m0/s1. The van der Waals surface area contributed by atoms with E-state index in [1.165, 1.54) is 4.90 Å². The number of benzene rings is 1. The highest BCUT2D eigenvalue weighted by atomic mass is 16.2. The lowest BCUT2D eigenvalue weighted by atomic mass is 10.1. The molecule has 0 radical (unpaired) electrons. The van der Waals surface area contributed by atoms with Crippen LogP contribution in [0.1, 0.15) is 36.1 Å². The third-order valence-corrected chi connectivity index (χ3v) is 4.76. The minimum Gasteiger partial charge on any atom is -0.290 e. The smallest absolute Gasteiger partial charge is 0.247 e. The van der Waals surface area contributed by atoms with E-state index in [4.69, 9.17) is 5.26 Å². The van der Waals surface area contributed by atoms with Crippen molar-refractivity contribution in [3.05, 3.63) is 65.5 Å². The van der Waals surface area contributed by atoms with Crippen molar-refractivity contribution in [1.29, 1.82) is 5.26 Å². The first-order valence-corrected chi connectivity index (χ1v) is 8.46. The molecule has 0 spiro atoms. The van der Waals surface area contributed by atoms with Crippen LogP contribution in [0, 0.1) is 11.3 Å². The van der Waals surface area contributed by atoms with Crippen LogP contribution < -0.4 is 0 Å². The number of likely N-dealkylation sites (tertiary alicyclic amines) is 1. The Morgan fingerprint density at radius 3 is 2.65 bits per heavy atom.